The molecular weight excluding hydrogens is 372 g/mol. The number of benzene rings is 2. The van der Waals surface area contributed by atoms with Crippen LogP contribution in [0.25, 0.3) is 10.6 Å². The molecule has 0 unspecified atom stereocenters. The number of methoxy groups -OCH3 is 1. The molecule has 1 N–H and O–H groups in total. The van der Waals surface area contributed by atoms with E-state index in [1.165, 1.54) is 43.5 Å². The van der Waals surface area contributed by atoms with Crippen LogP contribution in [-0.4, -0.2) is 33.9 Å². The summed E-state index contributed by atoms with van der Waals surface area (Å²) in [5.41, 5.74) is 0.787. The first-order chi connectivity index (χ1) is 13.0. The van der Waals surface area contributed by atoms with Crippen molar-refractivity contribution in [2.45, 2.75) is 0 Å². The Bertz CT molecular complexity index is 999. The molecule has 0 saturated carbocycles. The zero-order valence-electron chi connectivity index (χ0n) is 13.9. The molecule has 1 aromatic heterocycles. The van der Waals surface area contributed by atoms with E-state index < -0.39 is 16.6 Å². The third-order valence-electron chi connectivity index (χ3n) is 3.53. The number of aromatic nitrogens is 2. The van der Waals surface area contributed by atoms with Gasteiger partial charge in [0.1, 0.15) is 10.8 Å². The lowest BCUT2D eigenvalue weighted by Gasteiger charge is -2.02. The lowest BCUT2D eigenvalue weighted by molar-refractivity contribution is -0.384. The van der Waals surface area contributed by atoms with E-state index in [1.807, 2.05) is 0 Å². The van der Waals surface area contributed by atoms with Crippen molar-refractivity contribution in [1.29, 1.82) is 0 Å². The van der Waals surface area contributed by atoms with Crippen molar-refractivity contribution in [2.24, 2.45) is 0 Å². The molecule has 1 heterocycles. The van der Waals surface area contributed by atoms with E-state index in [0.29, 0.717) is 16.3 Å². The second-order valence-electron chi connectivity index (χ2n) is 5.23. The van der Waals surface area contributed by atoms with Crippen LogP contribution in [0.15, 0.2) is 48.5 Å². The first-order valence-electron chi connectivity index (χ1n) is 7.56. The predicted octanol–water partition coefficient (Wildman–Crippen LogP) is 2.94. The number of Topliss-reactive ketones (excluding diaryl/α,β-unsaturated/α-hetero) is 1. The predicted molar refractivity (Wildman–Crippen MR) is 98.0 cm³/mol. The lowest BCUT2D eigenvalue weighted by Crippen LogP contribution is -2.22. The number of nitrogens with one attached hydrogen (secondary N) is 1. The molecule has 0 aliphatic heterocycles. The van der Waals surface area contributed by atoms with E-state index in [1.54, 1.807) is 12.1 Å². The monoisotopic (exact) mass is 384 g/mol. The normalized spacial score (nSPS) is 10.3. The number of ether oxygens (including phenoxy) is 1. The van der Waals surface area contributed by atoms with Gasteiger partial charge in [-0.2, -0.15) is 0 Å². The van der Waals surface area contributed by atoms with E-state index in [0.717, 1.165) is 11.3 Å². The van der Waals surface area contributed by atoms with Gasteiger partial charge in [0.2, 0.25) is 5.13 Å². The van der Waals surface area contributed by atoms with Crippen molar-refractivity contribution < 1.29 is 19.2 Å². The molecule has 0 aliphatic carbocycles. The molecule has 0 bridgehead atoms. The van der Waals surface area contributed by atoms with E-state index in [2.05, 4.69) is 15.5 Å². The number of nitro benzene ring substituents is 1. The third kappa shape index (κ3) is 4.12. The minimum Gasteiger partial charge on any atom is -0.497 e. The largest absolute Gasteiger partial charge is 0.497 e. The zero-order valence-corrected chi connectivity index (χ0v) is 14.7. The number of amides is 1. The Morgan fingerprint density at radius 3 is 2.33 bits per heavy atom. The number of ketones is 1. The van der Waals surface area contributed by atoms with E-state index in [4.69, 9.17) is 4.74 Å². The van der Waals surface area contributed by atoms with Gasteiger partial charge in [-0.1, -0.05) is 11.3 Å². The second-order valence-corrected chi connectivity index (χ2v) is 6.21. The number of rotatable bonds is 6. The van der Waals surface area contributed by atoms with Gasteiger partial charge >= 0.3 is 0 Å². The van der Waals surface area contributed by atoms with Gasteiger partial charge in [0.05, 0.1) is 12.0 Å². The number of nitro groups is 1. The SMILES string of the molecule is COc1ccc(C(=O)C(=O)Nc2nnc(-c3ccc([N+](=O)[O-])cc3)s2)cc1. The smallest absolute Gasteiger partial charge is 0.298 e. The number of carbonyl (C=O) groups is 2. The Kier molecular flexibility index (Phi) is 5.18. The van der Waals surface area contributed by atoms with Gasteiger partial charge < -0.3 is 4.74 Å². The Labute approximate surface area is 156 Å². The summed E-state index contributed by atoms with van der Waals surface area (Å²) in [5.74, 6) is -0.986. The summed E-state index contributed by atoms with van der Waals surface area (Å²) in [5, 5.41) is 21.4. The van der Waals surface area contributed by atoms with Crippen LogP contribution in [0.1, 0.15) is 10.4 Å². The number of anilines is 1. The molecule has 0 saturated heterocycles. The van der Waals surface area contributed by atoms with Crippen LogP contribution < -0.4 is 10.1 Å². The average molecular weight is 384 g/mol. The maximum absolute atomic E-state index is 12.2. The zero-order chi connectivity index (χ0) is 19.4. The fourth-order valence-electron chi connectivity index (χ4n) is 2.14. The van der Waals surface area contributed by atoms with Gasteiger partial charge in [0.15, 0.2) is 0 Å². The van der Waals surface area contributed by atoms with Crippen LogP contribution in [0, 0.1) is 10.1 Å². The van der Waals surface area contributed by atoms with Gasteiger partial charge in [-0.25, -0.2) is 0 Å². The Morgan fingerprint density at radius 2 is 1.74 bits per heavy atom. The first-order valence-corrected chi connectivity index (χ1v) is 8.37. The summed E-state index contributed by atoms with van der Waals surface area (Å²) < 4.78 is 5.00. The molecule has 9 nitrogen and oxygen atoms in total. The van der Waals surface area contributed by atoms with E-state index in [-0.39, 0.29) is 16.4 Å². The summed E-state index contributed by atoms with van der Waals surface area (Å²) >= 11 is 1.05. The molecule has 27 heavy (non-hydrogen) atoms. The number of nitrogens with zero attached hydrogens (tertiary/aromatic N) is 3. The summed E-state index contributed by atoms with van der Waals surface area (Å²) in [4.78, 5) is 34.5. The van der Waals surface area contributed by atoms with Gasteiger partial charge in [0, 0.05) is 23.3 Å². The average Bonchev–Trinajstić information content (AvgIpc) is 3.16. The van der Waals surface area contributed by atoms with Crippen molar-refractivity contribution >= 4 is 33.8 Å². The minimum atomic E-state index is -0.841. The standard InChI is InChI=1S/C17H12N4O5S/c1-26-13-8-4-10(5-9-13)14(22)15(23)18-17-20-19-16(27-17)11-2-6-12(7-3-11)21(24)25/h2-9H,1H3,(H,18,20,23). The molecule has 1 amide bonds. The van der Waals surface area contributed by atoms with Crippen LogP contribution in [0.5, 0.6) is 5.75 Å². The lowest BCUT2D eigenvalue weighted by atomic mass is 10.1. The van der Waals surface area contributed by atoms with E-state index >= 15 is 0 Å². The van der Waals surface area contributed by atoms with E-state index in [9.17, 15) is 19.7 Å². The molecule has 0 radical (unpaired) electrons. The minimum absolute atomic E-state index is 0.0399. The summed E-state index contributed by atoms with van der Waals surface area (Å²) in [6, 6.07) is 11.9. The summed E-state index contributed by atoms with van der Waals surface area (Å²) in [7, 11) is 1.50. The highest BCUT2D eigenvalue weighted by atomic mass is 32.1. The topological polar surface area (TPSA) is 124 Å². The molecule has 3 aromatic rings. The molecule has 0 spiro atoms. The molecule has 0 fully saturated rings. The van der Waals surface area contributed by atoms with Crippen LogP contribution in [-0.2, 0) is 4.79 Å². The Morgan fingerprint density at radius 1 is 1.07 bits per heavy atom. The van der Waals surface area contributed by atoms with Crippen LogP contribution in [0.4, 0.5) is 10.8 Å². The molecule has 0 aliphatic rings. The third-order valence-corrected chi connectivity index (χ3v) is 4.42. The van der Waals surface area contributed by atoms with Crippen LogP contribution in [0.2, 0.25) is 0 Å². The molecule has 3 rings (SSSR count). The van der Waals surface area contributed by atoms with Crippen molar-refractivity contribution in [3.8, 4) is 16.3 Å². The van der Waals surface area contributed by atoms with Crippen molar-refractivity contribution in [3.63, 3.8) is 0 Å². The van der Waals surface area contributed by atoms with Gasteiger partial charge in [-0.3, -0.25) is 25.0 Å². The fraction of sp³-hybridized carbons (Fsp3) is 0.0588. The molecule has 10 heteroatoms. The Balaban J connectivity index is 1.70. The number of hydrogen-bond donors (Lipinski definition) is 1. The molecule has 2 aromatic carbocycles. The number of non-ortho nitro benzene ring substituents is 1. The quantitative estimate of drug-likeness (QED) is 0.300. The highest BCUT2D eigenvalue weighted by Crippen LogP contribution is 2.27. The Hall–Kier alpha value is -3.66. The second kappa shape index (κ2) is 7.70. The van der Waals surface area contributed by atoms with Crippen molar-refractivity contribution in [3.05, 3.63) is 64.2 Å². The molecule has 0 atom stereocenters. The first kappa shape index (κ1) is 18.1. The number of carbonyl (C=O) groups excluding carboxylic acids is 2. The van der Waals surface area contributed by atoms with Crippen molar-refractivity contribution in [1.82, 2.24) is 10.2 Å². The molecule has 136 valence electrons. The molecular formula is C17H12N4O5S. The highest BCUT2D eigenvalue weighted by molar-refractivity contribution is 7.18. The van der Waals surface area contributed by atoms with Crippen molar-refractivity contribution in [2.75, 3.05) is 12.4 Å². The van der Waals surface area contributed by atoms with Gasteiger partial charge in [-0.05, 0) is 36.4 Å². The fourth-order valence-corrected chi connectivity index (χ4v) is 2.89. The van der Waals surface area contributed by atoms with Gasteiger partial charge in [-0.15, -0.1) is 10.2 Å². The summed E-state index contributed by atoms with van der Waals surface area (Å²) in [6.45, 7) is 0. The van der Waals surface area contributed by atoms with Crippen LogP contribution >= 0.6 is 11.3 Å². The highest BCUT2D eigenvalue weighted by Gasteiger charge is 2.19. The summed E-state index contributed by atoms with van der Waals surface area (Å²) in [6.07, 6.45) is 0. The maximum Gasteiger partial charge on any atom is 0.298 e. The van der Waals surface area contributed by atoms with Crippen LogP contribution in [0.3, 0.4) is 0 Å². The van der Waals surface area contributed by atoms with Gasteiger partial charge in [0.25, 0.3) is 17.4 Å². The number of hydrogen-bond acceptors (Lipinski definition) is 8. The maximum atomic E-state index is 12.2.